The van der Waals surface area contributed by atoms with Gasteiger partial charge >= 0.3 is 5.97 Å². The first-order chi connectivity index (χ1) is 10.0. The molecule has 1 amide bonds. The number of aryl methyl sites for hydroxylation is 1. The molecule has 0 spiro atoms. The monoisotopic (exact) mass is 290 g/mol. The van der Waals surface area contributed by atoms with Gasteiger partial charge in [-0.25, -0.2) is 0 Å². The number of carboxylic acids is 1. The molecule has 1 aromatic rings. The van der Waals surface area contributed by atoms with Gasteiger partial charge in [0.15, 0.2) is 0 Å². The van der Waals surface area contributed by atoms with Crippen LogP contribution in [-0.4, -0.2) is 29.6 Å². The van der Waals surface area contributed by atoms with Crippen LogP contribution in [0.2, 0.25) is 0 Å². The van der Waals surface area contributed by atoms with E-state index in [2.05, 4.69) is 10.6 Å². The Kier molecular flexibility index (Phi) is 5.33. The Hall–Kier alpha value is -1.88. The van der Waals surface area contributed by atoms with Gasteiger partial charge in [-0.3, -0.25) is 9.59 Å². The molecule has 1 saturated carbocycles. The normalized spacial score (nSPS) is 21.8. The van der Waals surface area contributed by atoms with Crippen molar-refractivity contribution in [3.63, 3.8) is 0 Å². The minimum atomic E-state index is -0.731. The number of carbonyl (C=O) groups excluding carboxylic acids is 1. The first-order valence-electron chi connectivity index (χ1n) is 7.37. The van der Waals surface area contributed by atoms with E-state index in [1.54, 1.807) is 0 Å². The third-order valence-corrected chi connectivity index (χ3v) is 3.88. The second-order valence-electron chi connectivity index (χ2n) is 5.70. The first kappa shape index (κ1) is 15.5. The van der Waals surface area contributed by atoms with Crippen LogP contribution in [0.1, 0.15) is 31.2 Å². The fourth-order valence-electron chi connectivity index (χ4n) is 2.76. The quantitative estimate of drug-likeness (QED) is 0.776. The summed E-state index contributed by atoms with van der Waals surface area (Å²) in [6.45, 7) is 2.19. The highest BCUT2D eigenvalue weighted by Gasteiger charge is 2.26. The molecule has 21 heavy (non-hydrogen) atoms. The number of nitrogens with one attached hydrogen (secondary N) is 2. The number of carbonyl (C=O) groups is 2. The molecule has 3 N–H and O–H groups in total. The molecule has 2 rings (SSSR count). The second kappa shape index (κ2) is 7.22. The van der Waals surface area contributed by atoms with Crippen LogP contribution < -0.4 is 10.6 Å². The number of aliphatic carboxylic acids is 1. The van der Waals surface area contributed by atoms with Crippen molar-refractivity contribution in [1.82, 2.24) is 5.32 Å². The summed E-state index contributed by atoms with van der Waals surface area (Å²) in [5, 5.41) is 15.1. The summed E-state index contributed by atoms with van der Waals surface area (Å²) in [5.74, 6) is -1.11. The number of hydrogen-bond acceptors (Lipinski definition) is 3. The van der Waals surface area contributed by atoms with E-state index in [0.717, 1.165) is 30.5 Å². The van der Waals surface area contributed by atoms with Crippen molar-refractivity contribution < 1.29 is 14.7 Å². The van der Waals surface area contributed by atoms with Gasteiger partial charge in [0.1, 0.15) is 0 Å². The summed E-state index contributed by atoms with van der Waals surface area (Å²) in [6, 6.07) is 7.76. The maximum Gasteiger partial charge on any atom is 0.306 e. The Bertz CT molecular complexity index is 516. The lowest BCUT2D eigenvalue weighted by Crippen LogP contribution is -2.40. The van der Waals surface area contributed by atoms with Gasteiger partial charge in [0.2, 0.25) is 5.91 Å². The zero-order valence-corrected chi connectivity index (χ0v) is 12.3. The molecule has 5 nitrogen and oxygen atoms in total. The molecule has 1 fully saturated rings. The Balaban J connectivity index is 1.77. The van der Waals surface area contributed by atoms with Gasteiger partial charge in [-0.1, -0.05) is 18.6 Å². The molecule has 114 valence electrons. The number of anilines is 1. The maximum absolute atomic E-state index is 11.9. The molecule has 0 heterocycles. The van der Waals surface area contributed by atoms with Crippen LogP contribution in [0.3, 0.4) is 0 Å². The zero-order valence-electron chi connectivity index (χ0n) is 12.3. The summed E-state index contributed by atoms with van der Waals surface area (Å²) in [4.78, 5) is 22.9. The Morgan fingerprint density at radius 1 is 1.33 bits per heavy atom. The summed E-state index contributed by atoms with van der Waals surface area (Å²) < 4.78 is 0. The molecule has 0 bridgehead atoms. The van der Waals surface area contributed by atoms with Gasteiger partial charge in [0.05, 0.1) is 12.5 Å². The number of carboxylic acid groups (broad SMARTS) is 1. The Labute approximate surface area is 124 Å². The van der Waals surface area contributed by atoms with Gasteiger partial charge in [0, 0.05) is 11.7 Å². The standard InChI is InChI=1S/C16H22N2O3/c1-11-4-2-7-14(8-11)18-15(19)10-17-13-6-3-5-12(9-13)16(20)21/h2,4,7-8,12-13,17H,3,5-6,9-10H2,1H3,(H,18,19)(H,20,21). The molecule has 0 saturated heterocycles. The number of hydrogen-bond donors (Lipinski definition) is 3. The molecule has 2 atom stereocenters. The van der Waals surface area contributed by atoms with Crippen molar-refractivity contribution in [1.29, 1.82) is 0 Å². The van der Waals surface area contributed by atoms with E-state index in [1.165, 1.54) is 0 Å². The molecule has 1 aliphatic rings. The van der Waals surface area contributed by atoms with Crippen LogP contribution in [0.5, 0.6) is 0 Å². The molecular formula is C16H22N2O3. The van der Waals surface area contributed by atoms with Crippen molar-refractivity contribution >= 4 is 17.6 Å². The van der Waals surface area contributed by atoms with Gasteiger partial charge < -0.3 is 15.7 Å². The predicted molar refractivity (Wildman–Crippen MR) is 81.2 cm³/mol. The van der Waals surface area contributed by atoms with E-state index < -0.39 is 5.97 Å². The van der Waals surface area contributed by atoms with Gasteiger partial charge in [-0.15, -0.1) is 0 Å². The van der Waals surface area contributed by atoms with Crippen molar-refractivity contribution in [2.24, 2.45) is 5.92 Å². The molecular weight excluding hydrogens is 268 g/mol. The highest BCUT2D eigenvalue weighted by molar-refractivity contribution is 5.92. The fraction of sp³-hybridized carbons (Fsp3) is 0.500. The lowest BCUT2D eigenvalue weighted by molar-refractivity contribution is -0.143. The Morgan fingerprint density at radius 2 is 2.14 bits per heavy atom. The van der Waals surface area contributed by atoms with Crippen LogP contribution in [0, 0.1) is 12.8 Å². The van der Waals surface area contributed by atoms with Crippen LogP contribution in [0.15, 0.2) is 24.3 Å². The van der Waals surface area contributed by atoms with Crippen LogP contribution in [0.4, 0.5) is 5.69 Å². The summed E-state index contributed by atoms with van der Waals surface area (Å²) in [6.07, 6.45) is 3.17. The third-order valence-electron chi connectivity index (χ3n) is 3.88. The highest BCUT2D eigenvalue weighted by atomic mass is 16.4. The molecule has 1 aromatic carbocycles. The molecule has 1 aliphatic carbocycles. The van der Waals surface area contributed by atoms with Crippen molar-refractivity contribution in [2.45, 2.75) is 38.6 Å². The first-order valence-corrected chi connectivity index (χ1v) is 7.37. The van der Waals surface area contributed by atoms with E-state index in [9.17, 15) is 9.59 Å². The fourth-order valence-corrected chi connectivity index (χ4v) is 2.76. The van der Waals surface area contributed by atoms with Gasteiger partial charge in [-0.05, 0) is 43.9 Å². The van der Waals surface area contributed by atoms with Crippen LogP contribution in [-0.2, 0) is 9.59 Å². The third kappa shape index (κ3) is 4.86. The molecule has 0 aliphatic heterocycles. The minimum Gasteiger partial charge on any atom is -0.481 e. The van der Waals surface area contributed by atoms with Crippen LogP contribution in [0.25, 0.3) is 0 Å². The van der Waals surface area contributed by atoms with Gasteiger partial charge in [-0.2, -0.15) is 0 Å². The van der Waals surface area contributed by atoms with Gasteiger partial charge in [0.25, 0.3) is 0 Å². The smallest absolute Gasteiger partial charge is 0.306 e. The van der Waals surface area contributed by atoms with E-state index in [1.807, 2.05) is 31.2 Å². The van der Waals surface area contributed by atoms with E-state index in [-0.39, 0.29) is 24.4 Å². The average molecular weight is 290 g/mol. The van der Waals surface area contributed by atoms with Crippen molar-refractivity contribution in [3.8, 4) is 0 Å². The molecule has 2 unspecified atom stereocenters. The Morgan fingerprint density at radius 3 is 2.86 bits per heavy atom. The largest absolute Gasteiger partial charge is 0.481 e. The van der Waals surface area contributed by atoms with Crippen molar-refractivity contribution in [2.75, 3.05) is 11.9 Å². The predicted octanol–water partition coefficient (Wildman–Crippen LogP) is 2.17. The van der Waals surface area contributed by atoms with Crippen LogP contribution >= 0.6 is 0 Å². The van der Waals surface area contributed by atoms with Crippen molar-refractivity contribution in [3.05, 3.63) is 29.8 Å². The number of benzene rings is 1. The number of rotatable bonds is 5. The lowest BCUT2D eigenvalue weighted by atomic mass is 9.86. The number of amides is 1. The van der Waals surface area contributed by atoms with E-state index in [4.69, 9.17) is 5.11 Å². The molecule has 5 heteroatoms. The zero-order chi connectivity index (χ0) is 15.2. The van der Waals surface area contributed by atoms with E-state index >= 15 is 0 Å². The highest BCUT2D eigenvalue weighted by Crippen LogP contribution is 2.24. The van der Waals surface area contributed by atoms with E-state index in [0.29, 0.717) is 6.42 Å². The summed E-state index contributed by atoms with van der Waals surface area (Å²) in [7, 11) is 0. The summed E-state index contributed by atoms with van der Waals surface area (Å²) in [5.41, 5.74) is 1.88. The summed E-state index contributed by atoms with van der Waals surface area (Å²) >= 11 is 0. The molecule has 0 radical (unpaired) electrons. The average Bonchev–Trinajstić information content (AvgIpc) is 2.45. The SMILES string of the molecule is Cc1cccc(NC(=O)CNC2CCCC(C(=O)O)C2)c1. The topological polar surface area (TPSA) is 78.4 Å². The maximum atomic E-state index is 11.9. The lowest BCUT2D eigenvalue weighted by Gasteiger charge is -2.27. The molecule has 0 aromatic heterocycles. The second-order valence-corrected chi connectivity index (χ2v) is 5.70. The minimum absolute atomic E-state index is 0.0990.